The standard InChI is InChI=1S/C43H46N6O10/c1-46-22-30(27-9-13-44-21-29(27)40(46)53)26-19-34(56-2)31(35(20-26)57-3)23-47-24-43(25-47)11-14-48(15-12-43)37(51)10-16-58-17-18-59-33-6-4-5-28-38(33)42(55)49(41(28)54)32-7-8-36(50)45-39(32)52/h4-6,9,13,19-22,32H,7-8,10-12,14-18,23-25H2,1-3H3,(H,45,50,52). The number of aromatic nitrogens is 2. The van der Waals surface area contributed by atoms with Gasteiger partial charge in [-0.3, -0.25) is 48.9 Å². The number of hydrogen-bond acceptors (Lipinski definition) is 12. The van der Waals surface area contributed by atoms with E-state index in [9.17, 15) is 28.8 Å². The summed E-state index contributed by atoms with van der Waals surface area (Å²) in [5.74, 6) is -0.705. The molecule has 2 aromatic heterocycles. The molecule has 0 radical (unpaired) electrons. The fourth-order valence-electron chi connectivity index (χ4n) is 8.86. The minimum absolute atomic E-state index is 0.0348. The molecule has 1 atom stereocenters. The van der Waals surface area contributed by atoms with Crippen LogP contribution in [0.3, 0.4) is 0 Å². The molecule has 16 nitrogen and oxygen atoms in total. The molecule has 8 rings (SSSR count). The summed E-state index contributed by atoms with van der Waals surface area (Å²) < 4.78 is 24.9. The number of pyridine rings is 2. The number of fused-ring (bicyclic) bond motifs is 2. The van der Waals surface area contributed by atoms with E-state index in [2.05, 4.69) is 15.2 Å². The van der Waals surface area contributed by atoms with Crippen molar-refractivity contribution in [1.82, 2.24) is 29.6 Å². The minimum Gasteiger partial charge on any atom is -0.496 e. The second-order valence-electron chi connectivity index (χ2n) is 15.6. The van der Waals surface area contributed by atoms with E-state index in [1.165, 1.54) is 6.07 Å². The molecule has 308 valence electrons. The van der Waals surface area contributed by atoms with Gasteiger partial charge >= 0.3 is 0 Å². The third kappa shape index (κ3) is 7.53. The maximum Gasteiger partial charge on any atom is 0.266 e. The van der Waals surface area contributed by atoms with Crippen LogP contribution < -0.4 is 25.1 Å². The number of likely N-dealkylation sites (tertiary alicyclic amines) is 2. The number of amides is 5. The Hall–Kier alpha value is -6.13. The van der Waals surface area contributed by atoms with E-state index in [-0.39, 0.29) is 72.8 Å². The zero-order valence-corrected chi connectivity index (χ0v) is 33.3. The number of piperidine rings is 2. The third-order valence-corrected chi connectivity index (χ3v) is 12.0. The summed E-state index contributed by atoms with van der Waals surface area (Å²) in [6.07, 6.45) is 7.26. The van der Waals surface area contributed by atoms with Crippen molar-refractivity contribution in [3.05, 3.63) is 82.0 Å². The number of imide groups is 2. The molecule has 4 aromatic rings. The first-order chi connectivity index (χ1) is 28.5. The van der Waals surface area contributed by atoms with Gasteiger partial charge in [0, 0.05) is 70.3 Å². The van der Waals surface area contributed by atoms with Crippen molar-refractivity contribution in [2.45, 2.75) is 44.7 Å². The van der Waals surface area contributed by atoms with Crippen LogP contribution in [0.15, 0.2) is 59.8 Å². The van der Waals surface area contributed by atoms with E-state index in [0.717, 1.165) is 52.9 Å². The molecular formula is C43H46N6O10. The normalized spacial score (nSPS) is 18.9. The van der Waals surface area contributed by atoms with Crippen LogP contribution in [0, 0.1) is 5.41 Å². The van der Waals surface area contributed by atoms with Crippen LogP contribution in [-0.2, 0) is 32.7 Å². The number of rotatable bonds is 13. The number of ether oxygens (including phenoxy) is 4. The van der Waals surface area contributed by atoms with Crippen LogP contribution in [0.4, 0.5) is 0 Å². The smallest absolute Gasteiger partial charge is 0.266 e. The van der Waals surface area contributed by atoms with Crippen molar-refractivity contribution >= 4 is 40.3 Å². The van der Waals surface area contributed by atoms with Crippen LogP contribution in [0.25, 0.3) is 21.9 Å². The van der Waals surface area contributed by atoms with Crippen LogP contribution >= 0.6 is 0 Å². The van der Waals surface area contributed by atoms with Gasteiger partial charge in [-0.25, -0.2) is 0 Å². The summed E-state index contributed by atoms with van der Waals surface area (Å²) in [4.78, 5) is 85.5. The molecule has 0 bridgehead atoms. The number of aryl methyl sites for hydroxylation is 1. The number of nitrogens with one attached hydrogen (secondary N) is 1. The molecule has 59 heavy (non-hydrogen) atoms. The monoisotopic (exact) mass is 806 g/mol. The van der Waals surface area contributed by atoms with Crippen LogP contribution in [-0.4, -0.2) is 120 Å². The fourth-order valence-corrected chi connectivity index (χ4v) is 8.86. The number of benzene rings is 2. The Labute approximate surface area is 339 Å². The molecule has 5 amide bonds. The first-order valence-electron chi connectivity index (χ1n) is 19.7. The van der Waals surface area contributed by atoms with Gasteiger partial charge in [-0.15, -0.1) is 0 Å². The summed E-state index contributed by atoms with van der Waals surface area (Å²) in [7, 11) is 5.03. The predicted molar refractivity (Wildman–Crippen MR) is 213 cm³/mol. The molecule has 3 fully saturated rings. The van der Waals surface area contributed by atoms with Gasteiger partial charge in [-0.2, -0.15) is 0 Å². The second kappa shape index (κ2) is 16.3. The van der Waals surface area contributed by atoms with Gasteiger partial charge in [0.25, 0.3) is 17.4 Å². The molecule has 1 spiro atoms. The van der Waals surface area contributed by atoms with Gasteiger partial charge in [0.2, 0.25) is 17.7 Å². The van der Waals surface area contributed by atoms with Crippen molar-refractivity contribution in [2.75, 3.05) is 60.2 Å². The number of nitrogens with zero attached hydrogens (tertiary/aromatic N) is 5. The van der Waals surface area contributed by atoms with Crippen LogP contribution in [0.2, 0.25) is 0 Å². The average molecular weight is 807 g/mol. The Morgan fingerprint density at radius 1 is 0.898 bits per heavy atom. The number of hydrogen-bond donors (Lipinski definition) is 1. The molecule has 6 heterocycles. The molecule has 1 N–H and O–H groups in total. The Morgan fingerprint density at radius 2 is 1.64 bits per heavy atom. The molecule has 4 aliphatic heterocycles. The minimum atomic E-state index is -1.06. The summed E-state index contributed by atoms with van der Waals surface area (Å²) >= 11 is 0. The highest BCUT2D eigenvalue weighted by atomic mass is 16.5. The first-order valence-corrected chi connectivity index (χ1v) is 19.7. The number of methoxy groups -OCH3 is 2. The Morgan fingerprint density at radius 3 is 2.36 bits per heavy atom. The SMILES string of the molecule is COc1cc(-c2cn(C)c(=O)c3cnccc23)cc(OC)c1CN1CC2(CCN(C(=O)CCOCCOc3cccc4c3C(=O)N(C3CCC(=O)NC3=O)C4=O)CC2)C1. The lowest BCUT2D eigenvalue weighted by atomic mass is 9.72. The molecule has 3 saturated heterocycles. The maximum atomic E-state index is 13.3. The van der Waals surface area contributed by atoms with Gasteiger partial charge in [-0.05, 0) is 66.0 Å². The van der Waals surface area contributed by atoms with E-state index < -0.39 is 29.7 Å². The van der Waals surface area contributed by atoms with Crippen LogP contribution in [0.5, 0.6) is 17.2 Å². The molecule has 16 heteroatoms. The highest BCUT2D eigenvalue weighted by Gasteiger charge is 2.47. The van der Waals surface area contributed by atoms with Gasteiger partial charge in [-0.1, -0.05) is 6.07 Å². The maximum absolute atomic E-state index is 13.3. The Kier molecular flexibility index (Phi) is 10.9. The highest BCUT2D eigenvalue weighted by molar-refractivity contribution is 6.24. The van der Waals surface area contributed by atoms with Gasteiger partial charge in [0.15, 0.2) is 0 Å². The Bertz CT molecular complexity index is 2390. The second-order valence-corrected chi connectivity index (χ2v) is 15.6. The van der Waals surface area contributed by atoms with Crippen molar-refractivity contribution in [2.24, 2.45) is 12.5 Å². The molecule has 1 unspecified atom stereocenters. The zero-order chi connectivity index (χ0) is 41.4. The third-order valence-electron chi connectivity index (χ3n) is 12.0. The summed E-state index contributed by atoms with van der Waals surface area (Å²) in [6.45, 7) is 4.29. The Balaban J connectivity index is 0.788. The van der Waals surface area contributed by atoms with Crippen LogP contribution in [0.1, 0.15) is 58.4 Å². The summed E-state index contributed by atoms with van der Waals surface area (Å²) in [5.41, 5.74) is 2.96. The predicted octanol–water partition coefficient (Wildman–Crippen LogP) is 2.93. The number of carbonyl (C=O) groups excluding carboxylic acids is 5. The lowest BCUT2D eigenvalue weighted by Crippen LogP contribution is -2.60. The number of carbonyl (C=O) groups is 5. The summed E-state index contributed by atoms with van der Waals surface area (Å²) in [6, 6.07) is 9.46. The average Bonchev–Trinajstić information content (AvgIpc) is 3.48. The van der Waals surface area contributed by atoms with Gasteiger partial charge < -0.3 is 28.4 Å². The molecule has 4 aliphatic rings. The van der Waals surface area contributed by atoms with Crippen molar-refractivity contribution in [3.8, 4) is 28.4 Å². The molecular weight excluding hydrogens is 761 g/mol. The van der Waals surface area contributed by atoms with E-state index in [0.29, 0.717) is 36.5 Å². The highest BCUT2D eigenvalue weighted by Crippen LogP contribution is 2.44. The largest absolute Gasteiger partial charge is 0.496 e. The van der Waals surface area contributed by atoms with Gasteiger partial charge in [0.05, 0.1) is 55.9 Å². The summed E-state index contributed by atoms with van der Waals surface area (Å²) in [5, 5.41) is 3.54. The van der Waals surface area contributed by atoms with Gasteiger partial charge in [0.1, 0.15) is 29.9 Å². The van der Waals surface area contributed by atoms with E-state index in [1.807, 2.05) is 29.3 Å². The zero-order valence-electron chi connectivity index (χ0n) is 33.3. The van der Waals surface area contributed by atoms with Crippen molar-refractivity contribution in [1.29, 1.82) is 0 Å². The van der Waals surface area contributed by atoms with E-state index >= 15 is 0 Å². The fraction of sp³-hybridized carbons (Fsp3) is 0.419. The molecule has 0 saturated carbocycles. The molecule has 0 aliphatic carbocycles. The van der Waals surface area contributed by atoms with E-state index in [4.69, 9.17) is 18.9 Å². The topological polar surface area (TPSA) is 179 Å². The first kappa shape index (κ1) is 39.7. The molecule has 2 aromatic carbocycles. The quantitative estimate of drug-likeness (QED) is 0.155. The van der Waals surface area contributed by atoms with Crippen molar-refractivity contribution in [3.63, 3.8) is 0 Å². The van der Waals surface area contributed by atoms with E-state index in [1.54, 1.807) is 50.4 Å². The van der Waals surface area contributed by atoms with Crippen molar-refractivity contribution < 1.29 is 42.9 Å². The lowest BCUT2D eigenvalue weighted by Gasteiger charge is -2.54. The lowest BCUT2D eigenvalue weighted by molar-refractivity contribution is -0.138.